The molecule has 0 amide bonds. The second kappa shape index (κ2) is 5.06. The third-order valence-electron chi connectivity index (χ3n) is 9.02. The van der Waals surface area contributed by atoms with Crippen LogP contribution in [0.25, 0.3) is 0 Å². The number of hydrogen-bond donors (Lipinski definition) is 1. The molecule has 3 fully saturated rings. The van der Waals surface area contributed by atoms with Gasteiger partial charge in [-0.05, 0) is 97.5 Å². The first-order valence-electron chi connectivity index (χ1n) is 10.2. The highest BCUT2D eigenvalue weighted by molar-refractivity contribution is 5.31. The summed E-state index contributed by atoms with van der Waals surface area (Å²) in [5.41, 5.74) is 3.59. The molecule has 2 nitrogen and oxygen atoms in total. The van der Waals surface area contributed by atoms with E-state index in [1.165, 1.54) is 44.2 Å². The summed E-state index contributed by atoms with van der Waals surface area (Å²) in [5, 5.41) is 10.6. The summed E-state index contributed by atoms with van der Waals surface area (Å²) in [6, 6.07) is 4.50. The molecule has 2 heteroatoms. The van der Waals surface area contributed by atoms with Gasteiger partial charge in [0.2, 0.25) is 0 Å². The lowest BCUT2D eigenvalue weighted by Gasteiger charge is -2.60. The van der Waals surface area contributed by atoms with Crippen LogP contribution in [0.5, 0.6) is 0 Å². The summed E-state index contributed by atoms with van der Waals surface area (Å²) in [6.07, 6.45) is 12.0. The number of fused-ring (bicyclic) bond motifs is 7. The van der Waals surface area contributed by atoms with Crippen LogP contribution in [0.4, 0.5) is 0 Å². The molecular formula is C22H31NO. The zero-order valence-electron chi connectivity index (χ0n) is 15.2. The van der Waals surface area contributed by atoms with Crippen molar-refractivity contribution in [3.8, 4) is 0 Å². The van der Waals surface area contributed by atoms with Crippen LogP contribution in [0, 0.1) is 28.6 Å². The first-order valence-corrected chi connectivity index (χ1v) is 10.2. The molecule has 0 bridgehead atoms. The number of nitrogens with zero attached hydrogens (tertiary/aromatic N) is 1. The van der Waals surface area contributed by atoms with Gasteiger partial charge < -0.3 is 5.11 Å². The van der Waals surface area contributed by atoms with Gasteiger partial charge in [-0.25, -0.2) is 0 Å². The third-order valence-corrected chi connectivity index (χ3v) is 9.02. The smallest absolute Gasteiger partial charge is 0.0596 e. The summed E-state index contributed by atoms with van der Waals surface area (Å²) in [4.78, 5) is 4.69. The average Bonchev–Trinajstić information content (AvgIpc) is 2.90. The van der Waals surface area contributed by atoms with Crippen LogP contribution < -0.4 is 0 Å². The van der Waals surface area contributed by atoms with Crippen LogP contribution in [0.15, 0.2) is 18.3 Å². The van der Waals surface area contributed by atoms with Crippen molar-refractivity contribution in [3.05, 3.63) is 29.6 Å². The van der Waals surface area contributed by atoms with Gasteiger partial charge in [-0.1, -0.05) is 19.9 Å². The van der Waals surface area contributed by atoms with Crippen molar-refractivity contribution in [2.45, 2.75) is 77.2 Å². The topological polar surface area (TPSA) is 33.1 Å². The van der Waals surface area contributed by atoms with Crippen molar-refractivity contribution in [2.24, 2.45) is 28.6 Å². The van der Waals surface area contributed by atoms with Crippen molar-refractivity contribution in [1.29, 1.82) is 0 Å². The molecule has 3 saturated carbocycles. The Bertz CT molecular complexity index is 657. The number of pyridine rings is 1. The van der Waals surface area contributed by atoms with Gasteiger partial charge in [0.1, 0.15) is 0 Å². The van der Waals surface area contributed by atoms with Gasteiger partial charge in [0.15, 0.2) is 0 Å². The number of rotatable bonds is 0. The van der Waals surface area contributed by atoms with E-state index in [1.807, 2.05) is 6.20 Å². The van der Waals surface area contributed by atoms with E-state index in [9.17, 15) is 5.11 Å². The van der Waals surface area contributed by atoms with Gasteiger partial charge in [-0.15, -0.1) is 0 Å². The van der Waals surface area contributed by atoms with Gasteiger partial charge >= 0.3 is 0 Å². The van der Waals surface area contributed by atoms with Crippen LogP contribution in [-0.2, 0) is 6.42 Å². The first kappa shape index (κ1) is 15.4. The zero-order chi connectivity index (χ0) is 16.5. The molecule has 1 heterocycles. The van der Waals surface area contributed by atoms with E-state index in [2.05, 4.69) is 31.0 Å². The van der Waals surface area contributed by atoms with Crippen LogP contribution in [0.3, 0.4) is 0 Å². The van der Waals surface area contributed by atoms with Gasteiger partial charge in [0.25, 0.3) is 0 Å². The molecule has 1 aromatic heterocycles. The number of aryl methyl sites for hydroxylation is 1. The number of hydrogen-bond acceptors (Lipinski definition) is 2. The Morgan fingerprint density at radius 2 is 1.83 bits per heavy atom. The second-order valence-electron chi connectivity index (χ2n) is 9.69. The molecule has 4 aliphatic carbocycles. The van der Waals surface area contributed by atoms with Crippen LogP contribution in [-0.4, -0.2) is 16.2 Å². The molecule has 0 aliphatic heterocycles. The van der Waals surface area contributed by atoms with Gasteiger partial charge in [0, 0.05) is 11.9 Å². The molecule has 130 valence electrons. The largest absolute Gasteiger partial charge is 0.393 e. The summed E-state index contributed by atoms with van der Waals surface area (Å²) in [5.74, 6) is 3.18. The van der Waals surface area contributed by atoms with E-state index in [1.54, 1.807) is 5.56 Å². The summed E-state index contributed by atoms with van der Waals surface area (Å²) in [6.45, 7) is 4.98. The molecule has 5 rings (SSSR count). The van der Waals surface area contributed by atoms with E-state index in [0.29, 0.717) is 11.3 Å². The molecule has 1 aromatic rings. The highest BCUT2D eigenvalue weighted by Gasteiger charge is 2.60. The highest BCUT2D eigenvalue weighted by Crippen LogP contribution is 2.67. The summed E-state index contributed by atoms with van der Waals surface area (Å²) in [7, 11) is 0. The normalized spacial score (nSPS) is 49.7. The summed E-state index contributed by atoms with van der Waals surface area (Å²) >= 11 is 0. The molecule has 4 aliphatic rings. The van der Waals surface area contributed by atoms with Gasteiger partial charge in [0.05, 0.1) is 6.10 Å². The number of aliphatic hydroxyl groups is 1. The number of aromatic nitrogens is 1. The lowest BCUT2D eigenvalue weighted by molar-refractivity contribution is -0.0991. The zero-order valence-corrected chi connectivity index (χ0v) is 15.2. The van der Waals surface area contributed by atoms with Crippen LogP contribution in [0.1, 0.15) is 76.0 Å². The van der Waals surface area contributed by atoms with Crippen molar-refractivity contribution >= 4 is 0 Å². The average molecular weight is 325 g/mol. The Balaban J connectivity index is 1.52. The lowest BCUT2D eigenvalue weighted by atomic mass is 9.45. The molecule has 0 radical (unpaired) electrons. The first-order chi connectivity index (χ1) is 11.5. The van der Waals surface area contributed by atoms with E-state index >= 15 is 0 Å². The predicted molar refractivity (Wildman–Crippen MR) is 95.7 cm³/mol. The standard InChI is InChI=1S/C22H31NO/c1-21-12-10-19-15(4-3-13-23-19)17(21)6-5-14-16-7-8-20(24)22(16,2)11-9-18(14)21/h3-4,13-14,16-18,20,24H,5-12H2,1-2H3/t14-,16-,17?,18-,20-,21-,22-/m0/s1. The Morgan fingerprint density at radius 1 is 1.00 bits per heavy atom. The van der Waals surface area contributed by atoms with Crippen LogP contribution in [0.2, 0.25) is 0 Å². The molecule has 0 spiro atoms. The Hall–Kier alpha value is -0.890. The highest BCUT2D eigenvalue weighted by atomic mass is 16.3. The van der Waals surface area contributed by atoms with Crippen molar-refractivity contribution in [1.82, 2.24) is 4.98 Å². The monoisotopic (exact) mass is 325 g/mol. The molecule has 7 atom stereocenters. The maximum atomic E-state index is 10.6. The third kappa shape index (κ3) is 1.84. The predicted octanol–water partition coefficient (Wildman–Crippen LogP) is 4.71. The van der Waals surface area contributed by atoms with Gasteiger partial charge in [-0.3, -0.25) is 4.98 Å². The maximum Gasteiger partial charge on any atom is 0.0596 e. The Morgan fingerprint density at radius 3 is 2.71 bits per heavy atom. The molecule has 0 aromatic carbocycles. The molecule has 0 saturated heterocycles. The van der Waals surface area contributed by atoms with Crippen LogP contribution >= 0.6 is 0 Å². The maximum absolute atomic E-state index is 10.6. The number of aliphatic hydroxyl groups excluding tert-OH is 1. The molecule has 24 heavy (non-hydrogen) atoms. The fraction of sp³-hybridized carbons (Fsp3) is 0.773. The minimum atomic E-state index is -0.0507. The lowest BCUT2D eigenvalue weighted by Crippen LogP contribution is -2.53. The minimum absolute atomic E-state index is 0.0507. The SMILES string of the molecule is C[C@]12CC[C@H]3[C@@H](CCC4c5cccnc5CC[C@@]43C)[C@@H]1CC[C@@H]2O. The fourth-order valence-electron chi connectivity index (χ4n) is 7.66. The minimum Gasteiger partial charge on any atom is -0.393 e. The second-order valence-corrected chi connectivity index (χ2v) is 9.69. The Kier molecular flexibility index (Phi) is 3.24. The van der Waals surface area contributed by atoms with E-state index in [0.717, 1.165) is 30.6 Å². The molecular weight excluding hydrogens is 294 g/mol. The fourth-order valence-corrected chi connectivity index (χ4v) is 7.66. The molecule has 1 unspecified atom stereocenters. The Labute approximate surface area is 146 Å². The van der Waals surface area contributed by atoms with Crippen molar-refractivity contribution in [2.75, 3.05) is 0 Å². The van der Waals surface area contributed by atoms with E-state index in [4.69, 9.17) is 0 Å². The molecule has 1 N–H and O–H groups in total. The van der Waals surface area contributed by atoms with Gasteiger partial charge in [-0.2, -0.15) is 0 Å². The van der Waals surface area contributed by atoms with Crippen molar-refractivity contribution in [3.63, 3.8) is 0 Å². The van der Waals surface area contributed by atoms with E-state index < -0.39 is 0 Å². The summed E-state index contributed by atoms with van der Waals surface area (Å²) < 4.78 is 0. The van der Waals surface area contributed by atoms with Crippen molar-refractivity contribution < 1.29 is 5.11 Å². The quantitative estimate of drug-likeness (QED) is 0.749. The van der Waals surface area contributed by atoms with E-state index in [-0.39, 0.29) is 11.5 Å².